The summed E-state index contributed by atoms with van der Waals surface area (Å²) in [4.78, 5) is 11.7. The molecule has 1 saturated heterocycles. The minimum Gasteiger partial charge on any atom is -0.389 e. The maximum absolute atomic E-state index is 11.7. The van der Waals surface area contributed by atoms with Gasteiger partial charge in [-0.25, -0.2) is 9.80 Å². The number of hydrogen-bond donors (Lipinski definition) is 3. The van der Waals surface area contributed by atoms with Gasteiger partial charge in [-0.05, 0) is 24.6 Å². The van der Waals surface area contributed by atoms with Gasteiger partial charge in [0, 0.05) is 18.8 Å². The van der Waals surface area contributed by atoms with Crippen LogP contribution in [0.3, 0.4) is 0 Å². The summed E-state index contributed by atoms with van der Waals surface area (Å²) in [5.74, 6) is 0. The van der Waals surface area contributed by atoms with Gasteiger partial charge >= 0.3 is 6.03 Å². The predicted octanol–water partition coefficient (Wildman–Crippen LogP) is 1.11. The van der Waals surface area contributed by atoms with Crippen molar-refractivity contribution in [2.45, 2.75) is 13.0 Å². The summed E-state index contributed by atoms with van der Waals surface area (Å²) in [7, 11) is 0. The SMILES string of the molecule is CC(O)c1ccc(NC(=O)NN2CCOCC2)cc1. The molecule has 3 N–H and O–H groups in total. The lowest BCUT2D eigenvalue weighted by Gasteiger charge is -2.26. The monoisotopic (exact) mass is 265 g/mol. The van der Waals surface area contributed by atoms with Crippen molar-refractivity contribution in [3.63, 3.8) is 0 Å². The highest BCUT2D eigenvalue weighted by Gasteiger charge is 2.12. The van der Waals surface area contributed by atoms with Crippen LogP contribution in [-0.2, 0) is 4.74 Å². The number of nitrogens with zero attached hydrogens (tertiary/aromatic N) is 1. The maximum Gasteiger partial charge on any atom is 0.333 e. The van der Waals surface area contributed by atoms with Gasteiger partial charge in [0.25, 0.3) is 0 Å². The Bertz CT molecular complexity index is 414. The Morgan fingerprint density at radius 3 is 2.53 bits per heavy atom. The predicted molar refractivity (Wildman–Crippen MR) is 71.6 cm³/mol. The Hall–Kier alpha value is -1.63. The molecular weight excluding hydrogens is 246 g/mol. The molecule has 19 heavy (non-hydrogen) atoms. The van der Waals surface area contributed by atoms with Crippen molar-refractivity contribution in [1.82, 2.24) is 10.4 Å². The number of carbonyl (C=O) groups excluding carboxylic acids is 1. The van der Waals surface area contributed by atoms with Crippen molar-refractivity contribution in [2.24, 2.45) is 0 Å². The third-order valence-electron chi connectivity index (χ3n) is 2.92. The molecule has 0 saturated carbocycles. The zero-order valence-corrected chi connectivity index (χ0v) is 10.9. The van der Waals surface area contributed by atoms with E-state index in [2.05, 4.69) is 10.7 Å². The number of hydrazine groups is 1. The van der Waals surface area contributed by atoms with Crippen LogP contribution in [0.25, 0.3) is 0 Å². The highest BCUT2D eigenvalue weighted by atomic mass is 16.5. The minimum atomic E-state index is -0.503. The van der Waals surface area contributed by atoms with E-state index in [9.17, 15) is 9.90 Å². The van der Waals surface area contributed by atoms with Gasteiger partial charge in [0.1, 0.15) is 0 Å². The molecule has 6 heteroatoms. The summed E-state index contributed by atoms with van der Waals surface area (Å²) in [6, 6.07) is 6.83. The Kier molecular flexibility index (Phi) is 4.73. The van der Waals surface area contributed by atoms with Gasteiger partial charge in [-0.15, -0.1) is 0 Å². The van der Waals surface area contributed by atoms with E-state index in [1.54, 1.807) is 31.2 Å². The number of rotatable bonds is 3. The van der Waals surface area contributed by atoms with Gasteiger partial charge in [0.15, 0.2) is 0 Å². The Morgan fingerprint density at radius 2 is 1.95 bits per heavy atom. The molecule has 1 aliphatic heterocycles. The molecule has 2 rings (SSSR count). The highest BCUT2D eigenvalue weighted by molar-refractivity contribution is 5.88. The molecule has 104 valence electrons. The largest absolute Gasteiger partial charge is 0.389 e. The molecule has 1 unspecified atom stereocenters. The molecule has 0 bridgehead atoms. The number of morpholine rings is 1. The minimum absolute atomic E-state index is 0.272. The number of hydrogen-bond acceptors (Lipinski definition) is 4. The Balaban J connectivity index is 1.84. The van der Waals surface area contributed by atoms with E-state index in [-0.39, 0.29) is 6.03 Å². The third kappa shape index (κ3) is 4.20. The second-order valence-electron chi connectivity index (χ2n) is 4.46. The topological polar surface area (TPSA) is 73.8 Å². The summed E-state index contributed by atoms with van der Waals surface area (Å²) >= 11 is 0. The van der Waals surface area contributed by atoms with E-state index < -0.39 is 6.10 Å². The number of aliphatic hydroxyl groups is 1. The molecule has 0 spiro atoms. The molecule has 2 amide bonds. The van der Waals surface area contributed by atoms with E-state index in [1.807, 2.05) is 5.01 Å². The lowest BCUT2D eigenvalue weighted by Crippen LogP contribution is -2.49. The molecular formula is C13H19N3O3. The molecule has 0 aromatic heterocycles. The fraction of sp³-hybridized carbons (Fsp3) is 0.462. The molecule has 0 radical (unpaired) electrons. The van der Waals surface area contributed by atoms with Crippen molar-refractivity contribution in [2.75, 3.05) is 31.6 Å². The van der Waals surface area contributed by atoms with Crippen LogP contribution in [0.4, 0.5) is 10.5 Å². The van der Waals surface area contributed by atoms with E-state index in [1.165, 1.54) is 0 Å². The van der Waals surface area contributed by atoms with Crippen LogP contribution in [0.1, 0.15) is 18.6 Å². The van der Waals surface area contributed by atoms with Gasteiger partial charge in [0.05, 0.1) is 19.3 Å². The number of amides is 2. The molecule has 0 aliphatic carbocycles. The van der Waals surface area contributed by atoms with E-state index in [0.717, 1.165) is 5.56 Å². The van der Waals surface area contributed by atoms with Crippen molar-refractivity contribution in [3.05, 3.63) is 29.8 Å². The lowest BCUT2D eigenvalue weighted by molar-refractivity contribution is 0.0207. The first-order chi connectivity index (χ1) is 9.15. The summed E-state index contributed by atoms with van der Waals surface area (Å²) in [6.45, 7) is 4.34. The number of benzene rings is 1. The maximum atomic E-state index is 11.7. The molecule has 1 fully saturated rings. The van der Waals surface area contributed by atoms with Crippen molar-refractivity contribution < 1.29 is 14.6 Å². The molecule has 1 aliphatic rings. The summed E-state index contributed by atoms with van der Waals surface area (Å²) in [5.41, 5.74) is 4.27. The number of urea groups is 1. The Morgan fingerprint density at radius 1 is 1.32 bits per heavy atom. The number of nitrogens with one attached hydrogen (secondary N) is 2. The standard InChI is InChI=1S/C13H19N3O3/c1-10(17)11-2-4-12(5-3-11)14-13(18)15-16-6-8-19-9-7-16/h2-5,10,17H,6-9H2,1H3,(H2,14,15,18). The number of aliphatic hydroxyl groups excluding tert-OH is 1. The zero-order chi connectivity index (χ0) is 13.7. The van der Waals surface area contributed by atoms with Gasteiger partial charge in [-0.1, -0.05) is 12.1 Å². The second kappa shape index (κ2) is 6.51. The molecule has 1 atom stereocenters. The normalized spacial score (nSPS) is 17.8. The third-order valence-corrected chi connectivity index (χ3v) is 2.92. The van der Waals surface area contributed by atoms with Crippen molar-refractivity contribution in [3.8, 4) is 0 Å². The molecule has 1 aromatic carbocycles. The quantitative estimate of drug-likeness (QED) is 0.765. The number of anilines is 1. The van der Waals surface area contributed by atoms with Crippen LogP contribution >= 0.6 is 0 Å². The summed E-state index contributed by atoms with van der Waals surface area (Å²) < 4.78 is 5.20. The molecule has 6 nitrogen and oxygen atoms in total. The van der Waals surface area contributed by atoms with E-state index in [4.69, 9.17) is 4.74 Å². The average molecular weight is 265 g/mol. The van der Waals surface area contributed by atoms with Crippen LogP contribution in [0.5, 0.6) is 0 Å². The summed E-state index contributed by atoms with van der Waals surface area (Å²) in [5, 5.41) is 14.0. The van der Waals surface area contributed by atoms with Crippen molar-refractivity contribution in [1.29, 1.82) is 0 Å². The van der Waals surface area contributed by atoms with Crippen LogP contribution in [0, 0.1) is 0 Å². The molecule has 1 aromatic rings. The Labute approximate surface area is 112 Å². The highest BCUT2D eigenvalue weighted by Crippen LogP contribution is 2.15. The van der Waals surface area contributed by atoms with E-state index >= 15 is 0 Å². The van der Waals surface area contributed by atoms with E-state index in [0.29, 0.717) is 32.0 Å². The number of carbonyl (C=O) groups is 1. The van der Waals surface area contributed by atoms with Crippen LogP contribution in [-0.4, -0.2) is 42.4 Å². The summed E-state index contributed by atoms with van der Waals surface area (Å²) in [6.07, 6.45) is -0.503. The van der Waals surface area contributed by atoms with Crippen LogP contribution in [0.15, 0.2) is 24.3 Å². The fourth-order valence-electron chi connectivity index (χ4n) is 1.82. The first kappa shape index (κ1) is 13.8. The zero-order valence-electron chi connectivity index (χ0n) is 10.9. The van der Waals surface area contributed by atoms with Crippen LogP contribution < -0.4 is 10.7 Å². The smallest absolute Gasteiger partial charge is 0.333 e. The van der Waals surface area contributed by atoms with Gasteiger partial charge in [-0.3, -0.25) is 5.43 Å². The number of ether oxygens (including phenoxy) is 1. The first-order valence-corrected chi connectivity index (χ1v) is 6.33. The first-order valence-electron chi connectivity index (χ1n) is 6.33. The second-order valence-corrected chi connectivity index (χ2v) is 4.46. The van der Waals surface area contributed by atoms with Gasteiger partial charge in [0.2, 0.25) is 0 Å². The lowest BCUT2D eigenvalue weighted by atomic mass is 10.1. The van der Waals surface area contributed by atoms with Crippen LogP contribution in [0.2, 0.25) is 0 Å². The fourth-order valence-corrected chi connectivity index (χ4v) is 1.82. The average Bonchev–Trinajstić information content (AvgIpc) is 2.40. The van der Waals surface area contributed by atoms with Crippen molar-refractivity contribution >= 4 is 11.7 Å². The molecule has 1 heterocycles. The van der Waals surface area contributed by atoms with Gasteiger partial charge in [-0.2, -0.15) is 0 Å². The van der Waals surface area contributed by atoms with Gasteiger partial charge < -0.3 is 15.2 Å².